The number of carbonyl (C=O) groups excluding carboxylic acids is 1. The molecule has 1 atom stereocenters. The first-order chi connectivity index (χ1) is 9.04. The Balaban J connectivity index is 2.49. The molecule has 0 saturated carbocycles. The molecule has 1 amide bonds. The van der Waals surface area contributed by atoms with E-state index in [4.69, 9.17) is 5.11 Å². The standard InChI is InChI=1S/C14H18FNO3/c1-2-3-4-5-12(15)13(17)16-11-8-6-10(7-9-11)14(18)19/h6-9,12H,2-5H2,1H3,(H,16,17)(H,18,19). The molecule has 1 aromatic rings. The monoisotopic (exact) mass is 267 g/mol. The van der Waals surface area contributed by atoms with Crippen molar-refractivity contribution in [2.45, 2.75) is 38.8 Å². The molecule has 0 radical (unpaired) electrons. The number of carbonyl (C=O) groups is 2. The van der Waals surface area contributed by atoms with Gasteiger partial charge in [0.1, 0.15) is 0 Å². The van der Waals surface area contributed by atoms with Crippen molar-refractivity contribution in [1.82, 2.24) is 0 Å². The quantitative estimate of drug-likeness (QED) is 0.745. The first-order valence-electron chi connectivity index (χ1n) is 6.33. The fraction of sp³-hybridized carbons (Fsp3) is 0.429. The summed E-state index contributed by atoms with van der Waals surface area (Å²) in [6.07, 6.45) is 1.26. The SMILES string of the molecule is CCCCCC(F)C(=O)Nc1ccc(C(=O)O)cc1. The number of halogens is 1. The van der Waals surface area contributed by atoms with Crippen LogP contribution in [0.3, 0.4) is 0 Å². The molecule has 104 valence electrons. The average molecular weight is 267 g/mol. The molecular weight excluding hydrogens is 249 g/mol. The predicted molar refractivity (Wildman–Crippen MR) is 71.1 cm³/mol. The van der Waals surface area contributed by atoms with Crippen molar-refractivity contribution in [1.29, 1.82) is 0 Å². The molecule has 1 rings (SSSR count). The maximum absolute atomic E-state index is 13.5. The number of unbranched alkanes of at least 4 members (excludes halogenated alkanes) is 2. The van der Waals surface area contributed by atoms with Gasteiger partial charge in [-0.2, -0.15) is 0 Å². The Morgan fingerprint density at radius 2 is 1.89 bits per heavy atom. The number of carboxylic acids is 1. The minimum atomic E-state index is -1.52. The number of anilines is 1. The largest absolute Gasteiger partial charge is 0.478 e. The highest BCUT2D eigenvalue weighted by Gasteiger charge is 2.16. The van der Waals surface area contributed by atoms with E-state index >= 15 is 0 Å². The summed E-state index contributed by atoms with van der Waals surface area (Å²) in [5.41, 5.74) is 0.519. The highest BCUT2D eigenvalue weighted by atomic mass is 19.1. The topological polar surface area (TPSA) is 66.4 Å². The number of rotatable bonds is 7. The van der Waals surface area contributed by atoms with Gasteiger partial charge in [0.2, 0.25) is 0 Å². The van der Waals surface area contributed by atoms with E-state index in [1.54, 1.807) is 0 Å². The molecule has 0 aliphatic carbocycles. The number of amides is 1. The number of aromatic carboxylic acids is 1. The Kier molecular flexibility index (Phi) is 5.99. The Labute approximate surface area is 111 Å². The van der Waals surface area contributed by atoms with E-state index in [1.807, 2.05) is 6.92 Å². The summed E-state index contributed by atoms with van der Waals surface area (Å²) < 4.78 is 13.5. The van der Waals surface area contributed by atoms with E-state index in [-0.39, 0.29) is 12.0 Å². The molecule has 0 saturated heterocycles. The summed E-state index contributed by atoms with van der Waals surface area (Å²) in [5.74, 6) is -1.72. The van der Waals surface area contributed by atoms with Crippen LogP contribution in [0.2, 0.25) is 0 Å². The lowest BCUT2D eigenvalue weighted by molar-refractivity contribution is -0.121. The van der Waals surface area contributed by atoms with Gasteiger partial charge >= 0.3 is 5.97 Å². The Hall–Kier alpha value is -1.91. The van der Waals surface area contributed by atoms with E-state index in [2.05, 4.69) is 5.32 Å². The van der Waals surface area contributed by atoms with Crippen molar-refractivity contribution in [2.24, 2.45) is 0 Å². The van der Waals surface area contributed by atoms with Gasteiger partial charge in [0.05, 0.1) is 5.56 Å². The second-order valence-electron chi connectivity index (χ2n) is 4.34. The van der Waals surface area contributed by atoms with Crippen molar-refractivity contribution in [3.8, 4) is 0 Å². The van der Waals surface area contributed by atoms with Crippen LogP contribution >= 0.6 is 0 Å². The van der Waals surface area contributed by atoms with Crippen molar-refractivity contribution in [3.63, 3.8) is 0 Å². The molecular formula is C14H18FNO3. The molecule has 1 unspecified atom stereocenters. The van der Waals surface area contributed by atoms with Gasteiger partial charge in [0.25, 0.3) is 5.91 Å². The predicted octanol–water partition coefficient (Wildman–Crippen LogP) is 3.24. The Morgan fingerprint density at radius 3 is 2.42 bits per heavy atom. The van der Waals surface area contributed by atoms with Crippen molar-refractivity contribution in [3.05, 3.63) is 29.8 Å². The molecule has 0 heterocycles. The van der Waals surface area contributed by atoms with Gasteiger partial charge in [0.15, 0.2) is 6.17 Å². The van der Waals surface area contributed by atoms with E-state index < -0.39 is 18.0 Å². The zero-order chi connectivity index (χ0) is 14.3. The zero-order valence-electron chi connectivity index (χ0n) is 10.9. The maximum atomic E-state index is 13.5. The maximum Gasteiger partial charge on any atom is 0.335 e. The van der Waals surface area contributed by atoms with Crippen molar-refractivity contribution < 1.29 is 19.1 Å². The summed E-state index contributed by atoms with van der Waals surface area (Å²) >= 11 is 0. The average Bonchev–Trinajstić information content (AvgIpc) is 2.39. The molecule has 1 aromatic carbocycles. The molecule has 5 heteroatoms. The van der Waals surface area contributed by atoms with E-state index in [9.17, 15) is 14.0 Å². The second-order valence-corrected chi connectivity index (χ2v) is 4.34. The summed E-state index contributed by atoms with van der Waals surface area (Å²) in [4.78, 5) is 22.2. The first kappa shape index (κ1) is 15.1. The van der Waals surface area contributed by atoms with Gasteiger partial charge in [0, 0.05) is 5.69 Å². The molecule has 0 aliphatic rings. The number of alkyl halides is 1. The summed E-state index contributed by atoms with van der Waals surface area (Å²) in [6, 6.07) is 5.62. The van der Waals surface area contributed by atoms with Crippen LogP contribution in [-0.4, -0.2) is 23.2 Å². The van der Waals surface area contributed by atoms with E-state index in [0.29, 0.717) is 12.1 Å². The number of benzene rings is 1. The lowest BCUT2D eigenvalue weighted by Gasteiger charge is -2.09. The van der Waals surface area contributed by atoms with Crippen LogP contribution in [0.25, 0.3) is 0 Å². The van der Waals surface area contributed by atoms with Crippen LogP contribution in [0.1, 0.15) is 43.0 Å². The smallest absolute Gasteiger partial charge is 0.335 e. The van der Waals surface area contributed by atoms with E-state index in [1.165, 1.54) is 24.3 Å². The highest BCUT2D eigenvalue weighted by Crippen LogP contribution is 2.13. The first-order valence-corrected chi connectivity index (χ1v) is 6.33. The second kappa shape index (κ2) is 7.51. The fourth-order valence-corrected chi connectivity index (χ4v) is 1.62. The van der Waals surface area contributed by atoms with Crippen LogP contribution in [0, 0.1) is 0 Å². The molecule has 0 bridgehead atoms. The van der Waals surface area contributed by atoms with Crippen molar-refractivity contribution in [2.75, 3.05) is 5.32 Å². The third-order valence-electron chi connectivity index (χ3n) is 2.75. The minimum absolute atomic E-state index is 0.123. The highest BCUT2D eigenvalue weighted by molar-refractivity contribution is 5.94. The fourth-order valence-electron chi connectivity index (χ4n) is 1.62. The Morgan fingerprint density at radius 1 is 1.26 bits per heavy atom. The van der Waals surface area contributed by atoms with Crippen LogP contribution < -0.4 is 5.32 Å². The molecule has 0 aliphatic heterocycles. The van der Waals surface area contributed by atoms with Crippen molar-refractivity contribution >= 4 is 17.6 Å². The van der Waals surface area contributed by atoms with Gasteiger partial charge in [-0.1, -0.05) is 26.2 Å². The zero-order valence-corrected chi connectivity index (χ0v) is 10.9. The van der Waals surface area contributed by atoms with Crippen LogP contribution in [0.15, 0.2) is 24.3 Å². The van der Waals surface area contributed by atoms with Gasteiger partial charge < -0.3 is 10.4 Å². The molecule has 0 fully saturated rings. The molecule has 0 aromatic heterocycles. The lowest BCUT2D eigenvalue weighted by atomic mass is 10.1. The van der Waals surface area contributed by atoms with Gasteiger partial charge in [-0.15, -0.1) is 0 Å². The third-order valence-corrected chi connectivity index (χ3v) is 2.75. The molecule has 4 nitrogen and oxygen atoms in total. The third kappa shape index (κ3) is 5.07. The van der Waals surface area contributed by atoms with Crippen LogP contribution in [-0.2, 0) is 4.79 Å². The minimum Gasteiger partial charge on any atom is -0.478 e. The van der Waals surface area contributed by atoms with Gasteiger partial charge in [-0.3, -0.25) is 4.79 Å². The summed E-state index contributed by atoms with van der Waals surface area (Å²) in [6.45, 7) is 2.01. The Bertz CT molecular complexity index is 431. The molecule has 0 spiro atoms. The summed E-state index contributed by atoms with van der Waals surface area (Å²) in [5, 5.41) is 11.1. The lowest BCUT2D eigenvalue weighted by Crippen LogP contribution is -2.24. The van der Waals surface area contributed by atoms with Crippen LogP contribution in [0.4, 0.5) is 10.1 Å². The normalized spacial score (nSPS) is 11.9. The summed E-state index contributed by atoms with van der Waals surface area (Å²) in [7, 11) is 0. The molecule has 19 heavy (non-hydrogen) atoms. The number of hydrogen-bond acceptors (Lipinski definition) is 2. The van der Waals surface area contributed by atoms with Gasteiger partial charge in [-0.25, -0.2) is 9.18 Å². The van der Waals surface area contributed by atoms with Crippen LogP contribution in [0.5, 0.6) is 0 Å². The number of hydrogen-bond donors (Lipinski definition) is 2. The number of nitrogens with one attached hydrogen (secondary N) is 1. The van der Waals surface area contributed by atoms with E-state index in [0.717, 1.165) is 12.8 Å². The van der Waals surface area contributed by atoms with Gasteiger partial charge in [-0.05, 0) is 30.7 Å². The molecule has 2 N–H and O–H groups in total. The number of carboxylic acid groups (broad SMARTS) is 1.